The lowest BCUT2D eigenvalue weighted by molar-refractivity contribution is -0.384. The molecule has 0 amide bonds. The molecule has 0 fully saturated rings. The molecule has 7 nitrogen and oxygen atoms in total. The van der Waals surface area contributed by atoms with Gasteiger partial charge in [-0.25, -0.2) is 4.79 Å². The van der Waals surface area contributed by atoms with Crippen molar-refractivity contribution >= 4 is 17.3 Å². The number of likely N-dealkylation sites (N-methyl/N-ethyl adjacent to an activating group) is 2. The molecule has 0 bridgehead atoms. The molecule has 0 aliphatic rings. The number of carboxylic acid groups (broad SMARTS) is 1. The first-order chi connectivity index (χ1) is 9.79. The molecule has 21 heavy (non-hydrogen) atoms. The predicted molar refractivity (Wildman–Crippen MR) is 81.1 cm³/mol. The molecule has 0 spiro atoms. The topological polar surface area (TPSA) is 86.9 Å². The molecule has 0 aromatic heterocycles. The summed E-state index contributed by atoms with van der Waals surface area (Å²) in [6.07, 6.45) is 0. The molecule has 7 heteroatoms. The van der Waals surface area contributed by atoms with Crippen LogP contribution in [0.4, 0.5) is 11.4 Å². The molecule has 0 radical (unpaired) electrons. The van der Waals surface area contributed by atoms with Crippen molar-refractivity contribution in [2.75, 3.05) is 32.1 Å². The Bertz CT molecular complexity index is 531. The number of hydrogen-bond acceptors (Lipinski definition) is 5. The lowest BCUT2D eigenvalue weighted by Gasteiger charge is -2.31. The summed E-state index contributed by atoms with van der Waals surface area (Å²) in [5.74, 6) is -1.29. The van der Waals surface area contributed by atoms with Crippen molar-refractivity contribution in [3.8, 4) is 0 Å². The molecule has 0 heterocycles. The second-order valence-electron chi connectivity index (χ2n) is 5.13. The van der Waals surface area contributed by atoms with Crippen LogP contribution >= 0.6 is 0 Å². The summed E-state index contributed by atoms with van der Waals surface area (Å²) in [4.78, 5) is 25.7. The molecule has 1 N–H and O–H groups in total. The van der Waals surface area contributed by atoms with E-state index in [2.05, 4.69) is 0 Å². The number of aromatic carboxylic acids is 1. The van der Waals surface area contributed by atoms with Gasteiger partial charge in [0, 0.05) is 19.1 Å². The van der Waals surface area contributed by atoms with Crippen molar-refractivity contribution in [2.45, 2.75) is 19.9 Å². The maximum Gasteiger partial charge on any atom is 0.342 e. The summed E-state index contributed by atoms with van der Waals surface area (Å²) >= 11 is 0. The molecule has 0 aliphatic heterocycles. The smallest absolute Gasteiger partial charge is 0.342 e. The van der Waals surface area contributed by atoms with Crippen LogP contribution < -0.4 is 4.90 Å². The molecule has 116 valence electrons. The molecule has 0 saturated carbocycles. The van der Waals surface area contributed by atoms with Gasteiger partial charge in [0.1, 0.15) is 11.3 Å². The Kier molecular flexibility index (Phi) is 5.66. The SMILES string of the molecule is CCN(c1cccc(C(=O)O)c1[N+](=O)[O-])C(C)CN(C)C. The second kappa shape index (κ2) is 7.03. The van der Waals surface area contributed by atoms with Crippen LogP contribution in [0.1, 0.15) is 24.2 Å². The Morgan fingerprint density at radius 1 is 1.43 bits per heavy atom. The fourth-order valence-electron chi connectivity index (χ4n) is 2.47. The number of anilines is 1. The minimum absolute atomic E-state index is 0.0211. The van der Waals surface area contributed by atoms with Gasteiger partial charge in [-0.15, -0.1) is 0 Å². The standard InChI is InChI=1S/C14H21N3O4/c1-5-16(10(2)9-15(3)4)12-8-6-7-11(14(18)19)13(12)17(20)21/h6-8,10H,5,9H2,1-4H3,(H,18,19). The van der Waals surface area contributed by atoms with E-state index in [-0.39, 0.29) is 17.3 Å². The van der Waals surface area contributed by atoms with Crippen LogP contribution in [0.15, 0.2) is 18.2 Å². The van der Waals surface area contributed by atoms with E-state index in [9.17, 15) is 14.9 Å². The molecule has 0 saturated heterocycles. The highest BCUT2D eigenvalue weighted by Gasteiger charge is 2.28. The van der Waals surface area contributed by atoms with Crippen LogP contribution in [0.5, 0.6) is 0 Å². The van der Waals surface area contributed by atoms with E-state index in [1.165, 1.54) is 12.1 Å². The minimum Gasteiger partial charge on any atom is -0.477 e. The highest BCUT2D eigenvalue weighted by Crippen LogP contribution is 2.33. The van der Waals surface area contributed by atoms with Crippen molar-refractivity contribution < 1.29 is 14.8 Å². The van der Waals surface area contributed by atoms with Gasteiger partial charge in [-0.1, -0.05) is 6.07 Å². The number of nitro groups is 1. The van der Waals surface area contributed by atoms with E-state index >= 15 is 0 Å². The summed E-state index contributed by atoms with van der Waals surface area (Å²) in [6, 6.07) is 4.42. The van der Waals surface area contributed by atoms with E-state index in [1.54, 1.807) is 6.07 Å². The number of para-hydroxylation sites is 1. The molecule has 1 aromatic carbocycles. The largest absolute Gasteiger partial charge is 0.477 e. The van der Waals surface area contributed by atoms with Gasteiger partial charge in [0.05, 0.1) is 4.92 Å². The third-order valence-electron chi connectivity index (χ3n) is 3.24. The molecule has 0 aliphatic carbocycles. The van der Waals surface area contributed by atoms with Crippen molar-refractivity contribution in [3.63, 3.8) is 0 Å². The van der Waals surface area contributed by atoms with Gasteiger partial charge in [-0.3, -0.25) is 10.1 Å². The first-order valence-electron chi connectivity index (χ1n) is 6.71. The summed E-state index contributed by atoms with van der Waals surface area (Å²) in [6.45, 7) is 5.12. The van der Waals surface area contributed by atoms with Crippen molar-refractivity contribution in [2.24, 2.45) is 0 Å². The first kappa shape index (κ1) is 16.9. The van der Waals surface area contributed by atoms with Crippen LogP contribution in [0.2, 0.25) is 0 Å². The average Bonchev–Trinajstić information content (AvgIpc) is 2.37. The first-order valence-corrected chi connectivity index (χ1v) is 6.71. The quantitative estimate of drug-likeness (QED) is 0.612. The highest BCUT2D eigenvalue weighted by molar-refractivity contribution is 5.95. The maximum atomic E-state index is 11.3. The van der Waals surface area contributed by atoms with Gasteiger partial charge in [-0.05, 0) is 40.1 Å². The monoisotopic (exact) mass is 295 g/mol. The fourth-order valence-corrected chi connectivity index (χ4v) is 2.47. The van der Waals surface area contributed by atoms with Crippen molar-refractivity contribution in [1.29, 1.82) is 0 Å². The van der Waals surface area contributed by atoms with E-state index in [4.69, 9.17) is 5.11 Å². The number of rotatable bonds is 7. The van der Waals surface area contributed by atoms with Crippen LogP contribution in [0, 0.1) is 10.1 Å². The van der Waals surface area contributed by atoms with E-state index in [0.717, 1.165) is 0 Å². The van der Waals surface area contributed by atoms with E-state index < -0.39 is 10.9 Å². The van der Waals surface area contributed by atoms with Gasteiger partial charge in [0.2, 0.25) is 0 Å². The van der Waals surface area contributed by atoms with Crippen molar-refractivity contribution in [3.05, 3.63) is 33.9 Å². The summed E-state index contributed by atoms with van der Waals surface area (Å²) in [5.41, 5.74) is -0.290. The van der Waals surface area contributed by atoms with Gasteiger partial charge >= 0.3 is 11.7 Å². The lowest BCUT2D eigenvalue weighted by atomic mass is 10.1. The molecule has 1 unspecified atom stereocenters. The lowest BCUT2D eigenvalue weighted by Crippen LogP contribution is -2.40. The minimum atomic E-state index is -1.29. The van der Waals surface area contributed by atoms with Crippen LogP contribution in [-0.4, -0.2) is 54.1 Å². The highest BCUT2D eigenvalue weighted by atomic mass is 16.6. The number of nitrogens with zero attached hydrogens (tertiary/aromatic N) is 3. The Morgan fingerprint density at radius 2 is 2.05 bits per heavy atom. The zero-order valence-electron chi connectivity index (χ0n) is 12.7. The second-order valence-corrected chi connectivity index (χ2v) is 5.13. The molecule has 1 aromatic rings. The number of hydrogen-bond donors (Lipinski definition) is 1. The number of carboxylic acids is 1. The maximum absolute atomic E-state index is 11.3. The van der Waals surface area contributed by atoms with Gasteiger partial charge in [0.15, 0.2) is 0 Å². The molecule has 1 rings (SSSR count). The molecule has 1 atom stereocenters. The Hall–Kier alpha value is -2.15. The van der Waals surface area contributed by atoms with Crippen molar-refractivity contribution in [1.82, 2.24) is 4.90 Å². The fraction of sp³-hybridized carbons (Fsp3) is 0.500. The van der Waals surface area contributed by atoms with Crippen LogP contribution in [0.3, 0.4) is 0 Å². The normalized spacial score (nSPS) is 12.2. The van der Waals surface area contributed by atoms with Gasteiger partial charge in [-0.2, -0.15) is 0 Å². The predicted octanol–water partition coefficient (Wildman–Crippen LogP) is 2.07. The van der Waals surface area contributed by atoms with Gasteiger partial charge < -0.3 is 14.9 Å². The molecular weight excluding hydrogens is 274 g/mol. The Balaban J connectivity index is 3.35. The third kappa shape index (κ3) is 3.91. The number of benzene rings is 1. The van der Waals surface area contributed by atoms with E-state index in [0.29, 0.717) is 18.8 Å². The summed E-state index contributed by atoms with van der Waals surface area (Å²) in [7, 11) is 3.85. The number of nitro benzene ring substituents is 1. The zero-order chi connectivity index (χ0) is 16.2. The van der Waals surface area contributed by atoms with Crippen LogP contribution in [-0.2, 0) is 0 Å². The summed E-state index contributed by atoms with van der Waals surface area (Å²) in [5, 5.41) is 20.5. The third-order valence-corrected chi connectivity index (χ3v) is 3.24. The Labute approximate surface area is 123 Å². The Morgan fingerprint density at radius 3 is 2.48 bits per heavy atom. The summed E-state index contributed by atoms with van der Waals surface area (Å²) < 4.78 is 0. The van der Waals surface area contributed by atoms with Crippen LogP contribution in [0.25, 0.3) is 0 Å². The van der Waals surface area contributed by atoms with Gasteiger partial charge in [0.25, 0.3) is 0 Å². The van der Waals surface area contributed by atoms with E-state index in [1.807, 2.05) is 37.7 Å². The molecular formula is C14H21N3O4. The average molecular weight is 295 g/mol. The zero-order valence-corrected chi connectivity index (χ0v) is 12.7. The number of carbonyl (C=O) groups is 1.